The molecule has 0 saturated carbocycles. The molecule has 0 rings (SSSR count). The lowest BCUT2D eigenvalue weighted by atomic mass is 10.0. The van der Waals surface area contributed by atoms with Crippen LogP contribution in [0.4, 0.5) is 0 Å². The van der Waals surface area contributed by atoms with Crippen LogP contribution in [0.2, 0.25) is 0 Å². The van der Waals surface area contributed by atoms with Gasteiger partial charge in [-0.15, -0.1) is 12.4 Å². The quantitative estimate of drug-likeness (QED) is 0.199. The zero-order chi connectivity index (χ0) is 20.4. The molecule has 0 amide bonds. The molecular weight excluding hydrogens is 366 g/mol. The van der Waals surface area contributed by atoms with Crippen molar-refractivity contribution in [3.8, 4) is 0 Å². The third-order valence-electron chi connectivity index (χ3n) is 5.01. The number of hydrogen-bond donors (Lipinski definition) is 1. The molecule has 0 atom stereocenters. The highest BCUT2D eigenvalue weighted by Gasteiger charge is 1.95. The van der Waals surface area contributed by atoms with Gasteiger partial charge in [0.15, 0.2) is 0 Å². The molecule has 0 spiro atoms. The molecule has 0 aromatic heterocycles. The van der Waals surface area contributed by atoms with Crippen LogP contribution in [0.25, 0.3) is 0 Å². The Balaban J connectivity index is -0.00000113. The Labute approximate surface area is 185 Å². The summed E-state index contributed by atoms with van der Waals surface area (Å²) in [6, 6.07) is 0. The maximum atomic E-state index is 8.71. The van der Waals surface area contributed by atoms with E-state index in [0.717, 1.165) is 6.42 Å². The van der Waals surface area contributed by atoms with E-state index >= 15 is 0 Å². The van der Waals surface area contributed by atoms with E-state index < -0.39 is 0 Å². The number of aliphatic hydroxyl groups is 1. The highest BCUT2D eigenvalue weighted by Crippen LogP contribution is 2.14. The number of halogens is 1. The van der Waals surface area contributed by atoms with E-state index in [-0.39, 0.29) is 12.4 Å². The molecule has 174 valence electrons. The van der Waals surface area contributed by atoms with Crippen LogP contribution in [-0.2, 0) is 0 Å². The largest absolute Gasteiger partial charge is 0.396 e. The Morgan fingerprint density at radius 3 is 0.786 bits per heavy atom. The van der Waals surface area contributed by atoms with Crippen LogP contribution in [0.15, 0.2) is 0 Å². The van der Waals surface area contributed by atoms with Crippen molar-refractivity contribution in [2.45, 2.75) is 135 Å². The van der Waals surface area contributed by atoms with Crippen LogP contribution in [0, 0.1) is 0 Å². The molecule has 0 aliphatic heterocycles. The van der Waals surface area contributed by atoms with Gasteiger partial charge in [-0.2, -0.15) is 0 Å². The van der Waals surface area contributed by atoms with E-state index in [0.29, 0.717) is 6.61 Å². The van der Waals surface area contributed by atoms with Crippen molar-refractivity contribution in [2.24, 2.45) is 0 Å². The van der Waals surface area contributed by atoms with Crippen molar-refractivity contribution in [1.82, 2.24) is 4.90 Å². The van der Waals surface area contributed by atoms with Crippen LogP contribution >= 0.6 is 12.4 Å². The summed E-state index contributed by atoms with van der Waals surface area (Å²) in [4.78, 5) is 2.00. The van der Waals surface area contributed by atoms with Crippen LogP contribution in [0.5, 0.6) is 0 Å². The first-order chi connectivity index (χ1) is 13.1. The smallest absolute Gasteiger partial charge is 0.0431 e. The molecule has 0 unspecified atom stereocenters. The van der Waals surface area contributed by atoms with Crippen LogP contribution in [0.3, 0.4) is 0 Å². The van der Waals surface area contributed by atoms with E-state index in [2.05, 4.69) is 6.92 Å². The monoisotopic (exact) mass is 421 g/mol. The molecule has 0 aromatic rings. The van der Waals surface area contributed by atoms with Gasteiger partial charge in [-0.05, 0) is 27.6 Å². The predicted octanol–water partition coefficient (Wildman–Crippen LogP) is 8.40. The number of nitrogens with zero attached hydrogens (tertiary/aromatic N) is 1. The minimum absolute atomic E-state index is 0. The lowest BCUT2D eigenvalue weighted by molar-refractivity contribution is 0.282. The van der Waals surface area contributed by atoms with Crippen LogP contribution < -0.4 is 0 Å². The Morgan fingerprint density at radius 2 is 0.607 bits per heavy atom. The lowest BCUT2D eigenvalue weighted by Gasteiger charge is -2.03. The van der Waals surface area contributed by atoms with E-state index in [1.54, 1.807) is 0 Å². The normalized spacial score (nSPS) is 10.5. The maximum Gasteiger partial charge on any atom is 0.0431 e. The molecule has 0 saturated heterocycles. The Bertz CT molecular complexity index is 214. The van der Waals surface area contributed by atoms with Crippen molar-refractivity contribution >= 4 is 12.4 Å². The summed E-state index contributed by atoms with van der Waals surface area (Å²) in [7, 11) is 6.00. The minimum Gasteiger partial charge on any atom is -0.396 e. The van der Waals surface area contributed by atoms with E-state index in [1.165, 1.54) is 122 Å². The molecular formula is C25H56ClNO. The van der Waals surface area contributed by atoms with Crippen molar-refractivity contribution in [2.75, 3.05) is 27.7 Å². The van der Waals surface area contributed by atoms with Crippen molar-refractivity contribution in [1.29, 1.82) is 0 Å². The minimum atomic E-state index is 0. The zero-order valence-corrected chi connectivity index (χ0v) is 21.0. The summed E-state index contributed by atoms with van der Waals surface area (Å²) in [5.41, 5.74) is 0. The van der Waals surface area contributed by atoms with Crippen molar-refractivity contribution in [3.05, 3.63) is 0 Å². The zero-order valence-electron chi connectivity index (χ0n) is 20.2. The standard InChI is InChI=1S/C22H46O.C3H9N.ClH/c1-2-3-4-5-6-7-8-9-10-11-12-13-14-15-16-17-18-19-20-21-22-23;1-4(2)3;/h23H,2-22H2,1H3;1-3H3;1H. The Kier molecular flexibility index (Phi) is 37.4. The summed E-state index contributed by atoms with van der Waals surface area (Å²) in [6.45, 7) is 2.67. The summed E-state index contributed by atoms with van der Waals surface area (Å²) in [5, 5.41) is 8.71. The molecule has 1 N–H and O–H groups in total. The summed E-state index contributed by atoms with van der Waals surface area (Å²) < 4.78 is 0. The SMILES string of the molecule is CCCCCCCCCCCCCCCCCCCCCCO.CN(C)C.Cl. The number of hydrogen-bond acceptors (Lipinski definition) is 2. The second-order valence-corrected chi connectivity index (χ2v) is 8.78. The first-order valence-corrected chi connectivity index (χ1v) is 12.4. The highest BCUT2D eigenvalue weighted by atomic mass is 35.5. The average molecular weight is 422 g/mol. The molecule has 0 heterocycles. The van der Waals surface area contributed by atoms with Crippen molar-refractivity contribution < 1.29 is 5.11 Å². The van der Waals surface area contributed by atoms with Gasteiger partial charge in [0.1, 0.15) is 0 Å². The second kappa shape index (κ2) is 31.9. The van der Waals surface area contributed by atoms with Gasteiger partial charge >= 0.3 is 0 Å². The molecule has 0 aliphatic carbocycles. The lowest BCUT2D eigenvalue weighted by Crippen LogP contribution is -1.99. The number of unbranched alkanes of at least 4 members (excludes halogenated alkanes) is 19. The van der Waals surface area contributed by atoms with Crippen LogP contribution in [-0.4, -0.2) is 37.8 Å². The van der Waals surface area contributed by atoms with Gasteiger partial charge in [-0.1, -0.05) is 129 Å². The fourth-order valence-electron chi connectivity index (χ4n) is 3.37. The summed E-state index contributed by atoms with van der Waals surface area (Å²) >= 11 is 0. The van der Waals surface area contributed by atoms with Crippen LogP contribution in [0.1, 0.15) is 135 Å². The summed E-state index contributed by atoms with van der Waals surface area (Å²) in [5.74, 6) is 0. The first-order valence-electron chi connectivity index (χ1n) is 12.4. The first kappa shape index (κ1) is 32.9. The highest BCUT2D eigenvalue weighted by molar-refractivity contribution is 5.85. The molecule has 28 heavy (non-hydrogen) atoms. The van der Waals surface area contributed by atoms with Gasteiger partial charge in [0.05, 0.1) is 0 Å². The van der Waals surface area contributed by atoms with Gasteiger partial charge in [0.2, 0.25) is 0 Å². The molecule has 0 fully saturated rings. The molecule has 0 radical (unpaired) electrons. The molecule has 2 nitrogen and oxygen atoms in total. The van der Waals surface area contributed by atoms with Gasteiger partial charge in [0.25, 0.3) is 0 Å². The Morgan fingerprint density at radius 1 is 0.429 bits per heavy atom. The Hall–Kier alpha value is 0.210. The maximum absolute atomic E-state index is 8.71. The third kappa shape index (κ3) is 40.8. The fraction of sp³-hybridized carbons (Fsp3) is 1.00. The second-order valence-electron chi connectivity index (χ2n) is 8.78. The predicted molar refractivity (Wildman–Crippen MR) is 132 cm³/mol. The number of rotatable bonds is 20. The third-order valence-corrected chi connectivity index (χ3v) is 5.01. The van der Waals surface area contributed by atoms with Gasteiger partial charge in [-0.25, -0.2) is 0 Å². The van der Waals surface area contributed by atoms with E-state index in [4.69, 9.17) is 5.11 Å². The van der Waals surface area contributed by atoms with Gasteiger partial charge in [0, 0.05) is 6.61 Å². The molecule has 0 aromatic carbocycles. The molecule has 0 aliphatic rings. The topological polar surface area (TPSA) is 23.5 Å². The summed E-state index contributed by atoms with van der Waals surface area (Å²) in [6.07, 6.45) is 28.1. The molecule has 0 bridgehead atoms. The molecule has 3 heteroatoms. The average Bonchev–Trinajstić information content (AvgIpc) is 2.63. The van der Waals surface area contributed by atoms with Gasteiger partial charge < -0.3 is 10.0 Å². The number of aliphatic hydroxyl groups excluding tert-OH is 1. The van der Waals surface area contributed by atoms with Gasteiger partial charge in [-0.3, -0.25) is 0 Å². The fourth-order valence-corrected chi connectivity index (χ4v) is 3.37. The van der Waals surface area contributed by atoms with Crippen molar-refractivity contribution in [3.63, 3.8) is 0 Å². The van der Waals surface area contributed by atoms with E-state index in [1.807, 2.05) is 26.0 Å². The van der Waals surface area contributed by atoms with E-state index in [9.17, 15) is 0 Å².